The van der Waals surface area contributed by atoms with Crippen LogP contribution in [0.5, 0.6) is 0 Å². The summed E-state index contributed by atoms with van der Waals surface area (Å²) in [5.41, 5.74) is 0.830. The quantitative estimate of drug-likeness (QED) is 0.737. The summed E-state index contributed by atoms with van der Waals surface area (Å²) >= 11 is 4.73. The van der Waals surface area contributed by atoms with Crippen molar-refractivity contribution in [2.45, 2.75) is 12.3 Å². The summed E-state index contributed by atoms with van der Waals surface area (Å²) in [6, 6.07) is 15.0. The SMILES string of the molecule is N#CC(C#N)[C@@H](CC(=O)c1cccs1)c1ccc(Br)cc1. The highest BCUT2D eigenvalue weighted by atomic mass is 79.9. The number of carbonyl (C=O) groups is 1. The standard InChI is InChI=1S/C16H11BrN2OS/c17-13-5-3-11(4-6-13)14(12(9-18)10-19)8-15(20)16-2-1-7-21-16/h1-7,12,14H,8H2/t14-/m0/s1. The molecule has 21 heavy (non-hydrogen) atoms. The molecule has 1 heterocycles. The maximum absolute atomic E-state index is 12.3. The molecule has 0 spiro atoms. The van der Waals surface area contributed by atoms with E-state index in [-0.39, 0.29) is 12.2 Å². The summed E-state index contributed by atoms with van der Waals surface area (Å²) in [5.74, 6) is -1.29. The van der Waals surface area contributed by atoms with Crippen molar-refractivity contribution in [2.24, 2.45) is 5.92 Å². The highest BCUT2D eigenvalue weighted by molar-refractivity contribution is 9.10. The predicted molar refractivity (Wildman–Crippen MR) is 84.9 cm³/mol. The van der Waals surface area contributed by atoms with Crippen LogP contribution in [0.25, 0.3) is 0 Å². The van der Waals surface area contributed by atoms with E-state index in [0.717, 1.165) is 10.0 Å². The van der Waals surface area contributed by atoms with Crippen LogP contribution in [-0.2, 0) is 0 Å². The van der Waals surface area contributed by atoms with Gasteiger partial charge in [-0.05, 0) is 29.1 Å². The molecule has 0 aliphatic heterocycles. The number of rotatable bonds is 5. The average molecular weight is 359 g/mol. The molecule has 0 aliphatic carbocycles. The van der Waals surface area contributed by atoms with Crippen molar-refractivity contribution in [3.8, 4) is 12.1 Å². The summed E-state index contributed by atoms with van der Waals surface area (Å²) in [6.07, 6.45) is 0.161. The topological polar surface area (TPSA) is 64.7 Å². The van der Waals surface area contributed by atoms with Crippen LogP contribution in [0.15, 0.2) is 46.3 Å². The summed E-state index contributed by atoms with van der Waals surface area (Å²) in [6.45, 7) is 0. The largest absolute Gasteiger partial charge is 0.293 e. The second-order valence-corrected chi connectivity index (χ2v) is 6.36. The molecule has 1 aromatic heterocycles. The molecule has 0 N–H and O–H groups in total. The Balaban J connectivity index is 2.29. The van der Waals surface area contributed by atoms with Crippen LogP contribution < -0.4 is 0 Å². The zero-order valence-electron chi connectivity index (χ0n) is 11.0. The summed E-state index contributed by atoms with van der Waals surface area (Å²) in [5, 5.41) is 20.2. The van der Waals surface area contributed by atoms with Crippen molar-refractivity contribution in [3.05, 3.63) is 56.7 Å². The molecule has 0 saturated heterocycles. The molecule has 5 heteroatoms. The monoisotopic (exact) mass is 358 g/mol. The molecule has 104 valence electrons. The normalized spacial score (nSPS) is 11.6. The molecule has 0 amide bonds. The third-order valence-electron chi connectivity index (χ3n) is 3.18. The van der Waals surface area contributed by atoms with Gasteiger partial charge in [-0.15, -0.1) is 11.3 Å². The molecular weight excluding hydrogens is 348 g/mol. The summed E-state index contributed by atoms with van der Waals surface area (Å²) < 4.78 is 0.917. The molecule has 2 aromatic rings. The smallest absolute Gasteiger partial charge is 0.173 e. The first-order chi connectivity index (χ1) is 10.2. The van der Waals surface area contributed by atoms with Gasteiger partial charge >= 0.3 is 0 Å². The minimum atomic E-state index is -0.838. The van der Waals surface area contributed by atoms with Crippen molar-refractivity contribution in [1.29, 1.82) is 10.5 Å². The first-order valence-electron chi connectivity index (χ1n) is 6.27. The van der Waals surface area contributed by atoms with Gasteiger partial charge in [0.05, 0.1) is 17.0 Å². The first kappa shape index (κ1) is 15.4. The lowest BCUT2D eigenvalue weighted by atomic mass is 9.83. The minimum Gasteiger partial charge on any atom is -0.293 e. The second-order valence-electron chi connectivity index (χ2n) is 4.50. The number of halogens is 1. The lowest BCUT2D eigenvalue weighted by Crippen LogP contribution is -2.14. The molecule has 0 saturated carbocycles. The van der Waals surface area contributed by atoms with Crippen molar-refractivity contribution in [1.82, 2.24) is 0 Å². The average Bonchev–Trinajstić information content (AvgIpc) is 3.02. The number of Topliss-reactive ketones (excluding diaryl/α,β-unsaturated/α-hetero) is 1. The molecule has 1 aromatic carbocycles. The van der Waals surface area contributed by atoms with E-state index in [0.29, 0.717) is 4.88 Å². The molecule has 2 rings (SSSR count). The lowest BCUT2D eigenvalue weighted by Gasteiger charge is -2.17. The van der Waals surface area contributed by atoms with Crippen molar-refractivity contribution in [2.75, 3.05) is 0 Å². The Morgan fingerprint density at radius 3 is 2.38 bits per heavy atom. The molecular formula is C16H11BrN2OS. The number of thiophene rings is 1. The van der Waals surface area contributed by atoms with E-state index < -0.39 is 11.8 Å². The van der Waals surface area contributed by atoms with E-state index >= 15 is 0 Å². The fourth-order valence-electron chi connectivity index (χ4n) is 2.08. The highest BCUT2D eigenvalue weighted by Crippen LogP contribution is 2.30. The second kappa shape index (κ2) is 7.17. The summed E-state index contributed by atoms with van der Waals surface area (Å²) in [7, 11) is 0. The Labute approximate surface area is 135 Å². The Kier molecular flexibility index (Phi) is 5.27. The molecule has 0 unspecified atom stereocenters. The third-order valence-corrected chi connectivity index (χ3v) is 4.62. The number of ketones is 1. The molecule has 1 atom stereocenters. The molecule has 0 aliphatic rings. The van der Waals surface area contributed by atoms with Gasteiger partial charge < -0.3 is 0 Å². The molecule has 0 fully saturated rings. The van der Waals surface area contributed by atoms with Gasteiger partial charge in [0.2, 0.25) is 0 Å². The van der Waals surface area contributed by atoms with E-state index in [1.165, 1.54) is 11.3 Å². The Hall–Kier alpha value is -1.95. The van der Waals surface area contributed by atoms with Gasteiger partial charge in [-0.2, -0.15) is 10.5 Å². The number of hydrogen-bond donors (Lipinski definition) is 0. The van der Waals surface area contributed by atoms with Gasteiger partial charge in [0, 0.05) is 16.8 Å². The highest BCUT2D eigenvalue weighted by Gasteiger charge is 2.26. The number of nitriles is 2. The number of carbonyl (C=O) groups excluding carboxylic acids is 1. The van der Waals surface area contributed by atoms with Crippen molar-refractivity contribution >= 4 is 33.0 Å². The molecule has 0 bridgehead atoms. The maximum Gasteiger partial charge on any atom is 0.173 e. The van der Waals surface area contributed by atoms with E-state index in [2.05, 4.69) is 15.9 Å². The van der Waals surface area contributed by atoms with Crippen LogP contribution in [0.1, 0.15) is 27.6 Å². The third kappa shape index (κ3) is 3.78. The summed E-state index contributed by atoms with van der Waals surface area (Å²) in [4.78, 5) is 12.9. The number of nitrogens with zero attached hydrogens (tertiary/aromatic N) is 2. The van der Waals surface area contributed by atoms with Crippen LogP contribution in [0.4, 0.5) is 0 Å². The van der Waals surface area contributed by atoms with Gasteiger partial charge in [0.1, 0.15) is 5.92 Å². The van der Waals surface area contributed by atoms with Gasteiger partial charge in [0.15, 0.2) is 5.78 Å². The van der Waals surface area contributed by atoms with E-state index in [1.807, 2.05) is 47.9 Å². The van der Waals surface area contributed by atoms with Crippen LogP contribution in [-0.4, -0.2) is 5.78 Å². The van der Waals surface area contributed by atoms with Gasteiger partial charge in [-0.1, -0.05) is 34.1 Å². The minimum absolute atomic E-state index is 0.0339. The van der Waals surface area contributed by atoms with Crippen LogP contribution in [0, 0.1) is 28.6 Å². The van der Waals surface area contributed by atoms with Crippen molar-refractivity contribution < 1.29 is 4.79 Å². The van der Waals surface area contributed by atoms with Crippen LogP contribution >= 0.6 is 27.3 Å². The van der Waals surface area contributed by atoms with E-state index in [1.54, 1.807) is 6.07 Å². The Morgan fingerprint density at radius 2 is 1.86 bits per heavy atom. The predicted octanol–water partition coefficient (Wildman–Crippen LogP) is 4.53. The Morgan fingerprint density at radius 1 is 1.19 bits per heavy atom. The van der Waals surface area contributed by atoms with Crippen LogP contribution in [0.3, 0.4) is 0 Å². The van der Waals surface area contributed by atoms with Crippen molar-refractivity contribution in [3.63, 3.8) is 0 Å². The van der Waals surface area contributed by atoms with Gasteiger partial charge in [0.25, 0.3) is 0 Å². The number of benzene rings is 1. The zero-order valence-corrected chi connectivity index (χ0v) is 13.4. The molecule has 3 nitrogen and oxygen atoms in total. The van der Waals surface area contributed by atoms with E-state index in [4.69, 9.17) is 10.5 Å². The zero-order chi connectivity index (χ0) is 15.2. The first-order valence-corrected chi connectivity index (χ1v) is 7.94. The fraction of sp³-hybridized carbons (Fsp3) is 0.188. The van der Waals surface area contributed by atoms with Gasteiger partial charge in [-0.3, -0.25) is 4.79 Å². The fourth-order valence-corrected chi connectivity index (χ4v) is 3.02. The van der Waals surface area contributed by atoms with E-state index in [9.17, 15) is 4.79 Å². The Bertz CT molecular complexity index is 681. The van der Waals surface area contributed by atoms with Gasteiger partial charge in [-0.25, -0.2) is 0 Å². The van der Waals surface area contributed by atoms with Crippen LogP contribution in [0.2, 0.25) is 0 Å². The lowest BCUT2D eigenvalue weighted by molar-refractivity contribution is 0.0975. The number of hydrogen-bond acceptors (Lipinski definition) is 4. The molecule has 0 radical (unpaired) electrons. The maximum atomic E-state index is 12.3.